The Morgan fingerprint density at radius 2 is 1.52 bits per heavy atom. The normalized spacial score (nSPS) is 18.2. The van der Waals surface area contributed by atoms with E-state index in [2.05, 4.69) is 56.0 Å². The third-order valence-electron chi connectivity index (χ3n) is 7.34. The first-order valence-electron chi connectivity index (χ1n) is 13.0. The van der Waals surface area contributed by atoms with Crippen LogP contribution in [0.2, 0.25) is 0 Å². The van der Waals surface area contributed by atoms with Gasteiger partial charge in [-0.05, 0) is 91.1 Å². The first kappa shape index (κ1) is 23.6. The Morgan fingerprint density at radius 1 is 0.788 bits per heavy atom. The second-order valence-corrected chi connectivity index (χ2v) is 9.82. The van der Waals surface area contributed by atoms with E-state index in [-0.39, 0.29) is 5.82 Å². The van der Waals surface area contributed by atoms with Crippen molar-refractivity contribution in [2.45, 2.75) is 84.0 Å². The lowest BCUT2D eigenvalue weighted by molar-refractivity contribution is 0.305. The van der Waals surface area contributed by atoms with Gasteiger partial charge in [0.25, 0.3) is 0 Å². The van der Waals surface area contributed by atoms with E-state index in [1.165, 1.54) is 50.5 Å². The molecule has 1 saturated carbocycles. The van der Waals surface area contributed by atoms with Crippen molar-refractivity contribution in [3.05, 3.63) is 82.7 Å². The topological polar surface area (TPSA) is 0 Å². The summed E-state index contributed by atoms with van der Waals surface area (Å²) in [6.07, 6.45) is 12.2. The van der Waals surface area contributed by atoms with E-state index >= 15 is 4.39 Å². The van der Waals surface area contributed by atoms with Crippen LogP contribution in [0.25, 0.3) is 10.8 Å². The van der Waals surface area contributed by atoms with Crippen LogP contribution in [-0.4, -0.2) is 0 Å². The SMILES string of the molecule is CCCCCc1ccc(C#Cc2ccc3c(F)c(C4CCC(CCC)CC4)ccc3c2)cc1. The minimum atomic E-state index is -0.0235. The van der Waals surface area contributed by atoms with Gasteiger partial charge in [-0.1, -0.05) is 81.7 Å². The van der Waals surface area contributed by atoms with Crippen LogP contribution in [0.15, 0.2) is 54.6 Å². The molecule has 1 fully saturated rings. The summed E-state index contributed by atoms with van der Waals surface area (Å²) in [7, 11) is 0. The summed E-state index contributed by atoms with van der Waals surface area (Å²) in [4.78, 5) is 0. The lowest BCUT2D eigenvalue weighted by Gasteiger charge is -2.29. The van der Waals surface area contributed by atoms with E-state index in [0.717, 1.165) is 52.6 Å². The van der Waals surface area contributed by atoms with Gasteiger partial charge in [-0.2, -0.15) is 0 Å². The maximum atomic E-state index is 15.4. The second kappa shape index (κ2) is 11.5. The van der Waals surface area contributed by atoms with E-state index in [4.69, 9.17) is 0 Å². The van der Waals surface area contributed by atoms with Gasteiger partial charge >= 0.3 is 0 Å². The van der Waals surface area contributed by atoms with Crippen LogP contribution in [0.5, 0.6) is 0 Å². The molecule has 4 rings (SSSR count). The molecule has 1 aliphatic carbocycles. The number of hydrogen-bond acceptors (Lipinski definition) is 0. The van der Waals surface area contributed by atoms with E-state index in [0.29, 0.717) is 5.92 Å². The molecule has 0 atom stereocenters. The molecule has 172 valence electrons. The first-order valence-corrected chi connectivity index (χ1v) is 13.0. The number of unbranched alkanes of at least 4 members (excludes halogenated alkanes) is 2. The van der Waals surface area contributed by atoms with Crippen LogP contribution in [0.4, 0.5) is 4.39 Å². The zero-order chi connectivity index (χ0) is 23.0. The Morgan fingerprint density at radius 3 is 2.24 bits per heavy atom. The molecular formula is C32H37F. The molecule has 0 aromatic heterocycles. The van der Waals surface area contributed by atoms with Gasteiger partial charge in [0, 0.05) is 16.5 Å². The van der Waals surface area contributed by atoms with Crippen LogP contribution in [-0.2, 0) is 6.42 Å². The maximum Gasteiger partial charge on any atom is 0.134 e. The van der Waals surface area contributed by atoms with Gasteiger partial charge in [0.2, 0.25) is 0 Å². The van der Waals surface area contributed by atoms with Gasteiger partial charge < -0.3 is 0 Å². The summed E-state index contributed by atoms with van der Waals surface area (Å²) in [5.41, 5.74) is 4.25. The largest absolute Gasteiger partial charge is 0.206 e. The molecule has 1 heteroatoms. The van der Waals surface area contributed by atoms with Gasteiger partial charge in [-0.15, -0.1) is 0 Å². The third-order valence-corrected chi connectivity index (χ3v) is 7.34. The first-order chi connectivity index (χ1) is 16.2. The molecule has 0 amide bonds. The highest BCUT2D eigenvalue weighted by atomic mass is 19.1. The molecule has 0 N–H and O–H groups in total. The Balaban J connectivity index is 1.46. The monoisotopic (exact) mass is 440 g/mol. The fourth-order valence-corrected chi connectivity index (χ4v) is 5.35. The molecule has 0 nitrogen and oxygen atoms in total. The summed E-state index contributed by atoms with van der Waals surface area (Å²) in [6, 6.07) is 18.6. The average molecular weight is 441 g/mol. The summed E-state index contributed by atoms with van der Waals surface area (Å²) in [6.45, 7) is 4.50. The molecule has 0 unspecified atom stereocenters. The number of rotatable bonds is 7. The van der Waals surface area contributed by atoms with Crippen molar-refractivity contribution < 1.29 is 4.39 Å². The lowest BCUT2D eigenvalue weighted by atomic mass is 9.77. The van der Waals surface area contributed by atoms with Gasteiger partial charge in [0.15, 0.2) is 0 Å². The van der Waals surface area contributed by atoms with Crippen LogP contribution in [0.3, 0.4) is 0 Å². The van der Waals surface area contributed by atoms with E-state index < -0.39 is 0 Å². The molecule has 0 aliphatic heterocycles. The van der Waals surface area contributed by atoms with Crippen LogP contribution in [0.1, 0.15) is 99.8 Å². The molecule has 3 aromatic rings. The van der Waals surface area contributed by atoms with E-state index in [1.54, 1.807) is 0 Å². The highest BCUT2D eigenvalue weighted by Crippen LogP contribution is 2.39. The smallest absolute Gasteiger partial charge is 0.134 e. The summed E-state index contributed by atoms with van der Waals surface area (Å²) < 4.78 is 15.4. The number of fused-ring (bicyclic) bond motifs is 1. The molecule has 0 radical (unpaired) electrons. The number of halogens is 1. The second-order valence-electron chi connectivity index (χ2n) is 9.82. The summed E-state index contributed by atoms with van der Waals surface area (Å²) in [5.74, 6) is 7.72. The minimum Gasteiger partial charge on any atom is -0.206 e. The Hall–Kier alpha value is -2.59. The molecule has 0 heterocycles. The fraction of sp³-hybridized carbons (Fsp3) is 0.438. The summed E-state index contributed by atoms with van der Waals surface area (Å²) >= 11 is 0. The Labute approximate surface area is 199 Å². The van der Waals surface area contributed by atoms with Crippen molar-refractivity contribution in [3.63, 3.8) is 0 Å². The van der Waals surface area contributed by atoms with Gasteiger partial charge in [0.1, 0.15) is 5.82 Å². The number of hydrogen-bond donors (Lipinski definition) is 0. The van der Waals surface area contributed by atoms with Crippen LogP contribution >= 0.6 is 0 Å². The van der Waals surface area contributed by atoms with Crippen molar-refractivity contribution in [1.29, 1.82) is 0 Å². The van der Waals surface area contributed by atoms with Crippen molar-refractivity contribution in [2.24, 2.45) is 5.92 Å². The van der Waals surface area contributed by atoms with Crippen molar-refractivity contribution >= 4 is 10.8 Å². The van der Waals surface area contributed by atoms with Gasteiger partial charge in [0.05, 0.1) is 0 Å². The van der Waals surface area contributed by atoms with Gasteiger partial charge in [-0.3, -0.25) is 0 Å². The highest BCUT2D eigenvalue weighted by molar-refractivity contribution is 5.85. The number of aryl methyl sites for hydroxylation is 1. The van der Waals surface area contributed by atoms with Crippen LogP contribution in [0, 0.1) is 23.6 Å². The standard InChI is InChI=1S/C32H37F/c1-3-5-6-8-25-9-11-26(12-10-25)13-14-27-17-21-31-29(23-27)20-22-30(32(31)33)28-18-15-24(7-4-2)16-19-28/h9-12,17,20-24,28H,3-8,15-16,18-19H2,1-2H3. The molecule has 0 saturated heterocycles. The number of benzene rings is 3. The molecule has 0 spiro atoms. The Bertz CT molecular complexity index is 1100. The zero-order valence-corrected chi connectivity index (χ0v) is 20.3. The molecular weight excluding hydrogens is 403 g/mol. The molecule has 0 bridgehead atoms. The molecule has 1 aliphatic rings. The van der Waals surface area contributed by atoms with Crippen molar-refractivity contribution in [1.82, 2.24) is 0 Å². The fourth-order valence-electron chi connectivity index (χ4n) is 5.35. The predicted molar refractivity (Wildman–Crippen MR) is 139 cm³/mol. The van der Waals surface area contributed by atoms with Crippen LogP contribution < -0.4 is 0 Å². The van der Waals surface area contributed by atoms with Crippen molar-refractivity contribution in [2.75, 3.05) is 0 Å². The van der Waals surface area contributed by atoms with Gasteiger partial charge in [-0.25, -0.2) is 4.39 Å². The Kier molecular flexibility index (Phi) is 8.22. The third kappa shape index (κ3) is 6.05. The quantitative estimate of drug-likeness (QED) is 0.254. The van der Waals surface area contributed by atoms with E-state index in [9.17, 15) is 0 Å². The summed E-state index contributed by atoms with van der Waals surface area (Å²) in [5, 5.41) is 1.67. The molecule has 33 heavy (non-hydrogen) atoms. The highest BCUT2D eigenvalue weighted by Gasteiger charge is 2.24. The van der Waals surface area contributed by atoms with E-state index in [1.807, 2.05) is 24.3 Å². The van der Waals surface area contributed by atoms with Crippen molar-refractivity contribution in [3.8, 4) is 11.8 Å². The lowest BCUT2D eigenvalue weighted by Crippen LogP contribution is -2.14. The minimum absolute atomic E-state index is 0.0235. The molecule has 3 aromatic carbocycles. The predicted octanol–water partition coefficient (Wildman–Crippen LogP) is 9.19. The zero-order valence-electron chi connectivity index (χ0n) is 20.3. The maximum absolute atomic E-state index is 15.4. The average Bonchev–Trinajstić information content (AvgIpc) is 2.85.